The Morgan fingerprint density at radius 1 is 1.57 bits per heavy atom. The molecule has 1 aromatic heterocycles. The summed E-state index contributed by atoms with van der Waals surface area (Å²) in [5.41, 5.74) is 0.781. The average Bonchev–Trinajstić information content (AvgIpc) is 2.47. The minimum atomic E-state index is -2.31. The lowest BCUT2D eigenvalue weighted by atomic mass is 10.2. The lowest BCUT2D eigenvalue weighted by Crippen LogP contribution is -2.24. The number of aryl methyl sites for hydroxylation is 1. The monoisotopic (exact) mass is 225 g/mol. The van der Waals surface area contributed by atoms with Crippen LogP contribution in [0, 0.1) is 0 Å². The largest absolute Gasteiger partial charge is 0.303 e. The van der Waals surface area contributed by atoms with E-state index in [1.807, 2.05) is 13.0 Å². The second-order valence-electron chi connectivity index (χ2n) is 2.94. The van der Waals surface area contributed by atoms with E-state index in [-0.39, 0.29) is 25.0 Å². The van der Waals surface area contributed by atoms with E-state index < -0.39 is 6.43 Å². The molecule has 14 heavy (non-hydrogen) atoms. The molecule has 0 radical (unpaired) electrons. The molecular formula is C8H14ClF2N3. The zero-order chi connectivity index (χ0) is 9.84. The van der Waals surface area contributed by atoms with Gasteiger partial charge in [0, 0.05) is 19.3 Å². The van der Waals surface area contributed by atoms with E-state index >= 15 is 0 Å². The number of aromatic nitrogens is 2. The fourth-order valence-electron chi connectivity index (χ4n) is 1.03. The Balaban J connectivity index is 0.00000169. The summed E-state index contributed by atoms with van der Waals surface area (Å²) in [7, 11) is 1.79. The molecule has 1 rings (SSSR count). The predicted octanol–water partition coefficient (Wildman–Crippen LogP) is 1.76. The van der Waals surface area contributed by atoms with Crippen molar-refractivity contribution in [2.75, 3.05) is 6.54 Å². The molecule has 0 aromatic carbocycles. The maximum Gasteiger partial charge on any atom is 0.250 e. The van der Waals surface area contributed by atoms with Gasteiger partial charge < -0.3 is 5.32 Å². The molecule has 1 atom stereocenters. The summed E-state index contributed by atoms with van der Waals surface area (Å²) in [6, 6.07) is 1.68. The van der Waals surface area contributed by atoms with E-state index in [0.717, 1.165) is 5.69 Å². The Morgan fingerprint density at radius 3 is 2.64 bits per heavy atom. The van der Waals surface area contributed by atoms with Crippen LogP contribution in [-0.2, 0) is 7.05 Å². The van der Waals surface area contributed by atoms with E-state index in [2.05, 4.69) is 10.4 Å². The van der Waals surface area contributed by atoms with Gasteiger partial charge in [-0.1, -0.05) is 0 Å². The Morgan fingerprint density at radius 2 is 2.21 bits per heavy atom. The number of hydrogen-bond acceptors (Lipinski definition) is 2. The normalized spacial score (nSPS) is 12.6. The van der Waals surface area contributed by atoms with Crippen molar-refractivity contribution >= 4 is 12.4 Å². The third kappa shape index (κ3) is 4.02. The Hall–Kier alpha value is -0.680. The Kier molecular flexibility index (Phi) is 5.64. The van der Waals surface area contributed by atoms with Gasteiger partial charge in [-0.2, -0.15) is 5.10 Å². The highest BCUT2D eigenvalue weighted by Gasteiger charge is 2.10. The minimum Gasteiger partial charge on any atom is -0.303 e. The molecule has 0 aliphatic rings. The van der Waals surface area contributed by atoms with Crippen molar-refractivity contribution in [1.82, 2.24) is 15.1 Å². The third-order valence-corrected chi connectivity index (χ3v) is 1.76. The number of halogens is 3. The lowest BCUT2D eigenvalue weighted by molar-refractivity contribution is 0.142. The SMILES string of the molecule is CC(NCC(F)F)c1ccn(C)n1.Cl. The summed E-state index contributed by atoms with van der Waals surface area (Å²) in [5, 5.41) is 6.78. The number of hydrogen-bond donors (Lipinski definition) is 1. The first-order valence-electron chi connectivity index (χ1n) is 4.10. The number of nitrogens with zero attached hydrogens (tertiary/aromatic N) is 2. The van der Waals surface area contributed by atoms with Crippen molar-refractivity contribution in [3.05, 3.63) is 18.0 Å². The maximum absolute atomic E-state index is 11.8. The molecule has 1 heterocycles. The topological polar surface area (TPSA) is 29.9 Å². The molecule has 0 bridgehead atoms. The molecule has 0 saturated heterocycles. The van der Waals surface area contributed by atoms with Gasteiger partial charge >= 0.3 is 0 Å². The van der Waals surface area contributed by atoms with Crippen molar-refractivity contribution in [3.8, 4) is 0 Å². The van der Waals surface area contributed by atoms with Gasteiger partial charge in [0.1, 0.15) is 0 Å². The summed E-state index contributed by atoms with van der Waals surface area (Å²) in [6.07, 6.45) is -0.526. The molecule has 0 aliphatic carbocycles. The molecule has 1 unspecified atom stereocenters. The van der Waals surface area contributed by atoms with Crippen molar-refractivity contribution in [1.29, 1.82) is 0 Å². The van der Waals surface area contributed by atoms with Crippen LogP contribution in [0.3, 0.4) is 0 Å². The van der Waals surface area contributed by atoms with Crippen molar-refractivity contribution < 1.29 is 8.78 Å². The molecule has 0 spiro atoms. The highest BCUT2D eigenvalue weighted by atomic mass is 35.5. The van der Waals surface area contributed by atoms with Crippen LogP contribution in [0.4, 0.5) is 8.78 Å². The highest BCUT2D eigenvalue weighted by molar-refractivity contribution is 5.85. The minimum absolute atomic E-state index is 0. The van der Waals surface area contributed by atoms with Gasteiger partial charge in [0.15, 0.2) is 0 Å². The zero-order valence-corrected chi connectivity index (χ0v) is 8.89. The Labute approximate surface area is 87.9 Å². The number of nitrogens with one attached hydrogen (secondary N) is 1. The zero-order valence-electron chi connectivity index (χ0n) is 8.08. The van der Waals surface area contributed by atoms with Gasteiger partial charge in [-0.05, 0) is 13.0 Å². The highest BCUT2D eigenvalue weighted by Crippen LogP contribution is 2.08. The number of alkyl halides is 2. The van der Waals surface area contributed by atoms with Crippen LogP contribution in [0.2, 0.25) is 0 Å². The molecular weight excluding hydrogens is 212 g/mol. The molecule has 82 valence electrons. The second-order valence-corrected chi connectivity index (χ2v) is 2.94. The summed E-state index contributed by atoms with van der Waals surface area (Å²) in [5.74, 6) is 0. The van der Waals surface area contributed by atoms with Gasteiger partial charge in [-0.15, -0.1) is 12.4 Å². The van der Waals surface area contributed by atoms with Gasteiger partial charge in [-0.25, -0.2) is 8.78 Å². The van der Waals surface area contributed by atoms with Crippen LogP contribution in [0.15, 0.2) is 12.3 Å². The smallest absolute Gasteiger partial charge is 0.250 e. The molecule has 0 fully saturated rings. The van der Waals surface area contributed by atoms with Crippen LogP contribution < -0.4 is 5.32 Å². The lowest BCUT2D eigenvalue weighted by Gasteiger charge is -2.10. The summed E-state index contributed by atoms with van der Waals surface area (Å²) in [6.45, 7) is 1.52. The van der Waals surface area contributed by atoms with Crippen LogP contribution in [-0.4, -0.2) is 22.8 Å². The van der Waals surface area contributed by atoms with E-state index in [4.69, 9.17) is 0 Å². The second kappa shape index (κ2) is 5.93. The quantitative estimate of drug-likeness (QED) is 0.846. The third-order valence-electron chi connectivity index (χ3n) is 1.76. The van der Waals surface area contributed by atoms with Gasteiger partial charge in [0.2, 0.25) is 0 Å². The van der Waals surface area contributed by atoms with Gasteiger partial charge in [0.25, 0.3) is 6.43 Å². The van der Waals surface area contributed by atoms with E-state index in [1.165, 1.54) is 0 Å². The summed E-state index contributed by atoms with van der Waals surface area (Å²) >= 11 is 0. The molecule has 1 N–H and O–H groups in total. The first-order valence-corrected chi connectivity index (χ1v) is 4.10. The van der Waals surface area contributed by atoms with Crippen LogP contribution in [0.1, 0.15) is 18.7 Å². The molecule has 0 amide bonds. The maximum atomic E-state index is 11.8. The predicted molar refractivity (Wildman–Crippen MR) is 52.9 cm³/mol. The van der Waals surface area contributed by atoms with Crippen molar-refractivity contribution in [2.24, 2.45) is 7.05 Å². The van der Waals surface area contributed by atoms with E-state index in [9.17, 15) is 8.78 Å². The van der Waals surface area contributed by atoms with Gasteiger partial charge in [0.05, 0.1) is 12.2 Å². The van der Waals surface area contributed by atoms with Gasteiger partial charge in [-0.3, -0.25) is 4.68 Å². The molecule has 0 saturated carbocycles. The average molecular weight is 226 g/mol. The first-order chi connectivity index (χ1) is 6.09. The van der Waals surface area contributed by atoms with E-state index in [1.54, 1.807) is 17.9 Å². The molecule has 3 nitrogen and oxygen atoms in total. The number of rotatable bonds is 4. The molecule has 6 heteroatoms. The molecule has 1 aromatic rings. The standard InChI is InChI=1S/C8H13F2N3.ClH/c1-6(11-5-8(9)10)7-3-4-13(2)12-7;/h3-4,6,8,11H,5H2,1-2H3;1H. The van der Waals surface area contributed by atoms with Crippen molar-refractivity contribution in [3.63, 3.8) is 0 Å². The van der Waals surface area contributed by atoms with E-state index in [0.29, 0.717) is 0 Å². The fourth-order valence-corrected chi connectivity index (χ4v) is 1.03. The Bertz CT molecular complexity index is 265. The van der Waals surface area contributed by atoms with Crippen LogP contribution in [0.5, 0.6) is 0 Å². The molecule has 0 aliphatic heterocycles. The fraction of sp³-hybridized carbons (Fsp3) is 0.625. The summed E-state index contributed by atoms with van der Waals surface area (Å²) in [4.78, 5) is 0. The van der Waals surface area contributed by atoms with Crippen LogP contribution >= 0.6 is 12.4 Å². The van der Waals surface area contributed by atoms with Crippen LogP contribution in [0.25, 0.3) is 0 Å². The summed E-state index contributed by atoms with van der Waals surface area (Å²) < 4.78 is 25.3. The van der Waals surface area contributed by atoms with Crippen molar-refractivity contribution in [2.45, 2.75) is 19.4 Å². The first kappa shape index (κ1) is 13.3.